The normalized spacial score (nSPS) is 11.3. The van der Waals surface area contributed by atoms with E-state index in [9.17, 15) is 23.3 Å². The molecule has 1 aromatic heterocycles. The van der Waals surface area contributed by atoms with E-state index in [-0.39, 0.29) is 32.8 Å². The summed E-state index contributed by atoms with van der Waals surface area (Å²) in [5, 5.41) is 11.4. The van der Waals surface area contributed by atoms with Crippen LogP contribution in [0.3, 0.4) is 0 Å². The molecular formula is C18H9ClF3NO4S4. The monoisotopic (exact) mass is 523 g/mol. The lowest BCUT2D eigenvalue weighted by atomic mass is 10.1. The molecule has 2 aromatic carbocycles. The number of halogens is 4. The minimum absolute atomic E-state index is 0.0377. The van der Waals surface area contributed by atoms with Crippen molar-refractivity contribution in [2.24, 2.45) is 0 Å². The van der Waals surface area contributed by atoms with Crippen LogP contribution in [0.5, 0.6) is 16.6 Å². The number of nitro benzene ring substituents is 1. The van der Waals surface area contributed by atoms with Crippen LogP contribution in [0.25, 0.3) is 0 Å². The molecule has 0 atom stereocenters. The van der Waals surface area contributed by atoms with Gasteiger partial charge in [0.1, 0.15) is 20.9 Å². The molecule has 0 radical (unpaired) electrons. The number of hydrogen-bond acceptors (Lipinski definition) is 8. The summed E-state index contributed by atoms with van der Waals surface area (Å²) in [4.78, 5) is 10.8. The van der Waals surface area contributed by atoms with E-state index < -0.39 is 16.7 Å². The fourth-order valence-electron chi connectivity index (χ4n) is 2.30. The fraction of sp³-hybridized carbons (Fsp3) is 0.111. The van der Waals surface area contributed by atoms with Gasteiger partial charge in [-0.25, -0.2) is 0 Å². The van der Waals surface area contributed by atoms with Crippen LogP contribution in [0.1, 0.15) is 16.7 Å². The summed E-state index contributed by atoms with van der Waals surface area (Å²) in [6, 6.07) is 6.29. The van der Waals surface area contributed by atoms with Gasteiger partial charge < -0.3 is 9.47 Å². The first-order chi connectivity index (χ1) is 14.5. The molecular weight excluding hydrogens is 515 g/mol. The highest BCUT2D eigenvalue weighted by Gasteiger charge is 2.31. The molecule has 162 valence electrons. The Morgan fingerprint density at radius 2 is 1.90 bits per heavy atom. The van der Waals surface area contributed by atoms with Gasteiger partial charge in [0.2, 0.25) is 5.05 Å². The van der Waals surface area contributed by atoms with Crippen molar-refractivity contribution in [2.75, 3.05) is 0 Å². The van der Waals surface area contributed by atoms with Crippen LogP contribution in [-0.2, 0) is 6.18 Å². The highest BCUT2D eigenvalue weighted by Crippen LogP contribution is 2.38. The van der Waals surface area contributed by atoms with Gasteiger partial charge in [0.05, 0.1) is 15.5 Å². The zero-order valence-electron chi connectivity index (χ0n) is 15.2. The molecule has 1 heterocycles. The molecule has 0 unspecified atom stereocenters. The molecule has 0 saturated carbocycles. The van der Waals surface area contributed by atoms with Crippen LogP contribution in [0.4, 0.5) is 18.9 Å². The van der Waals surface area contributed by atoms with Crippen LogP contribution < -0.4 is 9.47 Å². The molecule has 3 rings (SSSR count). The van der Waals surface area contributed by atoms with Gasteiger partial charge >= 0.3 is 6.18 Å². The van der Waals surface area contributed by atoms with Crippen molar-refractivity contribution in [2.45, 2.75) is 13.1 Å². The standard InChI is InChI=1S/C18H9ClF3NO4S4/c1-8-16(30-31-17(8)29)27-15(28)11-7-10(3-4-13(11)23(24)25)26-14-5-2-9(6-12(14)19)18(20,21)22/h2-7H,1H3. The number of rotatable bonds is 5. The number of nitrogens with zero attached hydrogens (tertiary/aromatic N) is 1. The number of thiocarbonyl (C=S) groups is 1. The van der Waals surface area contributed by atoms with Crippen LogP contribution in [0.2, 0.25) is 5.02 Å². The third-order valence-corrected chi connectivity index (χ3v) is 7.62. The quantitative estimate of drug-likeness (QED) is 0.146. The second-order valence-corrected chi connectivity index (χ2v) is 9.49. The maximum absolute atomic E-state index is 12.8. The first-order valence-corrected chi connectivity index (χ1v) is 11.5. The molecule has 31 heavy (non-hydrogen) atoms. The summed E-state index contributed by atoms with van der Waals surface area (Å²) >= 11 is 16.3. The summed E-state index contributed by atoms with van der Waals surface area (Å²) in [7, 11) is 2.55. The zero-order valence-corrected chi connectivity index (χ0v) is 19.2. The van der Waals surface area contributed by atoms with Gasteiger partial charge in [-0.1, -0.05) is 34.2 Å². The molecule has 0 saturated heterocycles. The Morgan fingerprint density at radius 3 is 2.45 bits per heavy atom. The highest BCUT2D eigenvalue weighted by atomic mass is 35.5. The third-order valence-electron chi connectivity index (χ3n) is 3.86. The third kappa shape index (κ3) is 5.39. The lowest BCUT2D eigenvalue weighted by molar-refractivity contribution is -0.385. The van der Waals surface area contributed by atoms with E-state index in [2.05, 4.69) is 0 Å². The summed E-state index contributed by atoms with van der Waals surface area (Å²) in [5.74, 6) is 0.0100. The van der Waals surface area contributed by atoms with Crippen molar-refractivity contribution in [1.29, 1.82) is 0 Å². The van der Waals surface area contributed by atoms with E-state index in [1.807, 2.05) is 0 Å². The van der Waals surface area contributed by atoms with E-state index in [1.54, 1.807) is 6.92 Å². The maximum Gasteiger partial charge on any atom is 0.416 e. The van der Waals surface area contributed by atoms with Crippen LogP contribution >= 0.6 is 56.7 Å². The lowest BCUT2D eigenvalue weighted by Crippen LogP contribution is -2.10. The number of ether oxygens (including phenoxy) is 2. The number of alkyl halides is 3. The molecule has 0 spiro atoms. The average Bonchev–Trinajstić information content (AvgIpc) is 3.00. The van der Waals surface area contributed by atoms with E-state index in [4.69, 9.17) is 45.5 Å². The minimum atomic E-state index is -4.56. The van der Waals surface area contributed by atoms with Crippen LogP contribution in [-0.4, -0.2) is 9.97 Å². The molecule has 0 fully saturated rings. The molecule has 13 heteroatoms. The van der Waals surface area contributed by atoms with Gasteiger partial charge in [-0.05, 0) is 59.8 Å². The first kappa shape index (κ1) is 23.5. The number of benzene rings is 2. The van der Waals surface area contributed by atoms with E-state index in [1.165, 1.54) is 32.8 Å². The molecule has 0 bridgehead atoms. The van der Waals surface area contributed by atoms with Crippen molar-refractivity contribution in [3.8, 4) is 16.6 Å². The van der Waals surface area contributed by atoms with Crippen LogP contribution in [0.15, 0.2) is 36.4 Å². The van der Waals surface area contributed by atoms with E-state index in [0.29, 0.717) is 14.5 Å². The molecule has 0 amide bonds. The Morgan fingerprint density at radius 1 is 1.19 bits per heavy atom. The van der Waals surface area contributed by atoms with Gasteiger partial charge in [0.25, 0.3) is 5.69 Å². The second-order valence-electron chi connectivity index (χ2n) is 5.94. The zero-order chi connectivity index (χ0) is 22.9. The van der Waals surface area contributed by atoms with Gasteiger partial charge in [-0.15, -0.1) is 0 Å². The molecule has 0 aliphatic rings. The lowest BCUT2D eigenvalue weighted by Gasteiger charge is -2.12. The van der Waals surface area contributed by atoms with Crippen molar-refractivity contribution in [3.63, 3.8) is 0 Å². The SMILES string of the molecule is Cc1c(OC(=S)c2cc(Oc3ccc(C(F)(F)F)cc3Cl)ccc2[N+](=O)[O-])ssc1=S. The van der Waals surface area contributed by atoms with Crippen molar-refractivity contribution < 1.29 is 27.6 Å². The Kier molecular flexibility index (Phi) is 6.96. The van der Waals surface area contributed by atoms with Crippen LogP contribution in [0, 0.1) is 20.9 Å². The summed E-state index contributed by atoms with van der Waals surface area (Å²) < 4.78 is 50.2. The van der Waals surface area contributed by atoms with Gasteiger partial charge in [0, 0.05) is 11.6 Å². The smallest absolute Gasteiger partial charge is 0.416 e. The molecule has 0 aliphatic heterocycles. The predicted octanol–water partition coefficient (Wildman–Crippen LogP) is 7.97. The van der Waals surface area contributed by atoms with Gasteiger partial charge in [0.15, 0.2) is 5.06 Å². The molecule has 0 N–H and O–H groups in total. The average molecular weight is 524 g/mol. The summed E-state index contributed by atoms with van der Waals surface area (Å²) in [6.07, 6.45) is -4.56. The summed E-state index contributed by atoms with van der Waals surface area (Å²) in [5.41, 5.74) is -0.604. The Balaban J connectivity index is 1.93. The Bertz CT molecular complexity index is 1240. The predicted molar refractivity (Wildman–Crippen MR) is 120 cm³/mol. The topological polar surface area (TPSA) is 61.6 Å². The number of hydrogen-bond donors (Lipinski definition) is 0. The minimum Gasteiger partial charge on any atom is -0.456 e. The highest BCUT2D eigenvalue weighted by molar-refractivity contribution is 7.81. The second kappa shape index (κ2) is 9.17. The number of nitro groups is 1. The van der Waals surface area contributed by atoms with Crippen molar-refractivity contribution in [1.82, 2.24) is 0 Å². The van der Waals surface area contributed by atoms with E-state index in [0.717, 1.165) is 24.3 Å². The summed E-state index contributed by atoms with van der Waals surface area (Å²) in [6.45, 7) is 1.74. The fourth-order valence-corrected chi connectivity index (χ4v) is 5.37. The Hall–Kier alpha value is -2.12. The molecule has 3 aromatic rings. The largest absolute Gasteiger partial charge is 0.456 e. The van der Waals surface area contributed by atoms with Crippen molar-refractivity contribution >= 4 is 67.5 Å². The molecule has 5 nitrogen and oxygen atoms in total. The molecule has 0 aliphatic carbocycles. The van der Waals surface area contributed by atoms with Gasteiger partial charge in [-0.3, -0.25) is 10.1 Å². The van der Waals surface area contributed by atoms with Crippen molar-refractivity contribution in [3.05, 3.63) is 72.0 Å². The maximum atomic E-state index is 12.8. The van der Waals surface area contributed by atoms with E-state index >= 15 is 0 Å². The first-order valence-electron chi connectivity index (χ1n) is 8.12. The van der Waals surface area contributed by atoms with Gasteiger partial charge in [-0.2, -0.15) is 13.2 Å². The Labute approximate surface area is 196 Å².